The maximum atomic E-state index is 12.6. The Morgan fingerprint density at radius 2 is 0.983 bits per heavy atom. The van der Waals surface area contributed by atoms with Gasteiger partial charge in [0, 0.05) is 13.0 Å². The summed E-state index contributed by atoms with van der Waals surface area (Å²) in [7, 11) is -4.54. The molecule has 0 aliphatic rings. The highest BCUT2D eigenvalue weighted by atomic mass is 31.2. The highest BCUT2D eigenvalue weighted by molar-refractivity contribution is 7.47. The number of phosphoric acid groups is 1. The lowest BCUT2D eigenvalue weighted by Gasteiger charge is -2.20. The van der Waals surface area contributed by atoms with Crippen molar-refractivity contribution < 1.29 is 43.0 Å². The third-order valence-electron chi connectivity index (χ3n) is 9.06. The molecule has 58 heavy (non-hydrogen) atoms. The third kappa shape index (κ3) is 43.2. The number of unbranched alkanes of at least 4 members (excludes halogenated alkanes) is 14. The number of aliphatic hydroxyl groups excluding tert-OH is 2. The maximum Gasteiger partial charge on any atom is 0.472 e. The molecule has 3 unspecified atom stereocenters. The van der Waals surface area contributed by atoms with Gasteiger partial charge in [0.1, 0.15) is 12.2 Å². The van der Waals surface area contributed by atoms with Gasteiger partial charge in [0.25, 0.3) is 0 Å². The fourth-order valence-electron chi connectivity index (χ4n) is 5.65. The molecular weight excluding hydrogens is 751 g/mol. The van der Waals surface area contributed by atoms with E-state index in [9.17, 15) is 19.4 Å². The number of phosphoric ester groups is 1. The number of hydrogen-bond acceptors (Lipinski definition) is 8. The van der Waals surface area contributed by atoms with Crippen LogP contribution in [-0.2, 0) is 27.9 Å². The Balaban J connectivity index is 4.25. The first kappa shape index (κ1) is 55.6. The summed E-state index contributed by atoms with van der Waals surface area (Å²) in [5, 5.41) is 18.4. The molecular formula is C48H83O9P. The van der Waals surface area contributed by atoms with E-state index >= 15 is 0 Å². The molecule has 0 bridgehead atoms. The summed E-state index contributed by atoms with van der Waals surface area (Å²) in [5.74, 6) is -0.406. The summed E-state index contributed by atoms with van der Waals surface area (Å²) in [4.78, 5) is 22.6. The molecule has 0 fully saturated rings. The van der Waals surface area contributed by atoms with Gasteiger partial charge >= 0.3 is 13.8 Å². The van der Waals surface area contributed by atoms with E-state index in [1.54, 1.807) is 0 Å². The van der Waals surface area contributed by atoms with E-state index in [-0.39, 0.29) is 13.0 Å². The van der Waals surface area contributed by atoms with Crippen LogP contribution in [0.4, 0.5) is 0 Å². The Kier molecular flexibility index (Phi) is 42.4. The number of aliphatic hydroxyl groups is 2. The second-order valence-corrected chi connectivity index (χ2v) is 16.1. The maximum absolute atomic E-state index is 12.6. The van der Waals surface area contributed by atoms with Crippen LogP contribution in [0.2, 0.25) is 0 Å². The second kappa shape index (κ2) is 44.2. The number of carbonyl (C=O) groups excluding carboxylic acids is 1. The minimum absolute atomic E-state index is 0.0134. The smallest absolute Gasteiger partial charge is 0.457 e. The van der Waals surface area contributed by atoms with Crippen molar-refractivity contribution in [2.45, 2.75) is 180 Å². The van der Waals surface area contributed by atoms with E-state index < -0.39 is 45.8 Å². The summed E-state index contributed by atoms with van der Waals surface area (Å²) >= 11 is 0. The molecule has 10 heteroatoms. The van der Waals surface area contributed by atoms with Crippen molar-refractivity contribution in [3.8, 4) is 0 Å². The van der Waals surface area contributed by atoms with Crippen molar-refractivity contribution in [2.75, 3.05) is 33.0 Å². The fourth-order valence-corrected chi connectivity index (χ4v) is 6.44. The first-order chi connectivity index (χ1) is 28.3. The van der Waals surface area contributed by atoms with Crippen LogP contribution in [0.25, 0.3) is 0 Å². The Morgan fingerprint density at radius 3 is 1.48 bits per heavy atom. The van der Waals surface area contributed by atoms with Gasteiger partial charge in [-0.2, -0.15) is 0 Å². The predicted octanol–water partition coefficient (Wildman–Crippen LogP) is 12.7. The monoisotopic (exact) mass is 835 g/mol. The van der Waals surface area contributed by atoms with E-state index in [1.807, 2.05) is 0 Å². The van der Waals surface area contributed by atoms with Gasteiger partial charge in [0.2, 0.25) is 0 Å². The predicted molar refractivity (Wildman–Crippen MR) is 242 cm³/mol. The molecule has 0 aromatic rings. The van der Waals surface area contributed by atoms with Crippen molar-refractivity contribution >= 4 is 13.8 Å². The minimum atomic E-state index is -4.54. The van der Waals surface area contributed by atoms with Gasteiger partial charge in [-0.05, 0) is 89.9 Å². The van der Waals surface area contributed by atoms with Gasteiger partial charge < -0.3 is 24.6 Å². The number of esters is 1. The van der Waals surface area contributed by atoms with Crippen LogP contribution < -0.4 is 0 Å². The van der Waals surface area contributed by atoms with Crippen molar-refractivity contribution in [1.29, 1.82) is 0 Å². The zero-order valence-corrected chi connectivity index (χ0v) is 37.4. The van der Waals surface area contributed by atoms with E-state index in [0.717, 1.165) is 83.5 Å². The van der Waals surface area contributed by atoms with Gasteiger partial charge in [0.15, 0.2) is 0 Å². The Labute approximate surface area is 354 Å². The molecule has 0 rings (SSSR count). The second-order valence-electron chi connectivity index (χ2n) is 14.7. The van der Waals surface area contributed by atoms with Crippen molar-refractivity contribution in [3.05, 3.63) is 85.1 Å². The molecule has 3 atom stereocenters. The Bertz CT molecular complexity index is 1170. The SMILES string of the molecule is CC/C=C\C/C=C\C/C=C\C/C=C\C/C=C\CCCCOCC(COP(=O)(O)OCC(O)CO)OC(=O)CCCCCCCCCCC/C=C\C/C=C\CCCCC. The van der Waals surface area contributed by atoms with Gasteiger partial charge in [-0.25, -0.2) is 4.57 Å². The molecule has 0 heterocycles. The van der Waals surface area contributed by atoms with Gasteiger partial charge in [-0.15, -0.1) is 0 Å². The number of rotatable bonds is 42. The summed E-state index contributed by atoms with van der Waals surface area (Å²) < 4.78 is 33.4. The standard InChI is InChI=1S/C48H83O9P/c1-3-5-7-9-11-13-15-17-19-21-23-24-26-28-30-32-34-36-38-40-48(51)57-47(45-56-58(52,53)55-43-46(50)42-49)44-54-41-39-37-35-33-31-29-27-25-22-20-18-16-14-12-10-8-6-4-2/h6,8,11-14,17-20,25,27,31,33,46-47,49-50H,3-5,7,9-10,15-16,21-24,26,28-30,32,34-45H2,1-2H3,(H,52,53)/b8-6-,13-11-,14-12-,19-17-,20-18-,27-25-,33-31-. The van der Waals surface area contributed by atoms with Crippen molar-refractivity contribution in [3.63, 3.8) is 0 Å². The van der Waals surface area contributed by atoms with Crippen LogP contribution in [0.5, 0.6) is 0 Å². The zero-order valence-electron chi connectivity index (χ0n) is 36.5. The molecule has 334 valence electrons. The highest BCUT2D eigenvalue weighted by Gasteiger charge is 2.26. The number of ether oxygens (including phenoxy) is 2. The normalized spacial score (nSPS) is 14.8. The topological polar surface area (TPSA) is 132 Å². The minimum Gasteiger partial charge on any atom is -0.457 e. The summed E-state index contributed by atoms with van der Waals surface area (Å²) in [6.07, 6.45) is 54.0. The van der Waals surface area contributed by atoms with Crippen molar-refractivity contribution in [2.24, 2.45) is 0 Å². The fraction of sp³-hybridized carbons (Fsp3) is 0.688. The summed E-state index contributed by atoms with van der Waals surface area (Å²) in [6, 6.07) is 0. The lowest BCUT2D eigenvalue weighted by Crippen LogP contribution is -2.29. The molecule has 0 aromatic carbocycles. The molecule has 0 aromatic heterocycles. The molecule has 0 saturated carbocycles. The van der Waals surface area contributed by atoms with Crippen LogP contribution in [0.3, 0.4) is 0 Å². The van der Waals surface area contributed by atoms with E-state index in [4.69, 9.17) is 23.6 Å². The molecule has 3 N–H and O–H groups in total. The molecule has 0 aliphatic carbocycles. The number of carbonyl (C=O) groups is 1. The van der Waals surface area contributed by atoms with Crippen LogP contribution in [0.1, 0.15) is 168 Å². The molecule has 0 amide bonds. The van der Waals surface area contributed by atoms with Crippen LogP contribution in [-0.4, -0.2) is 66.3 Å². The number of allylic oxidation sites excluding steroid dienone is 14. The van der Waals surface area contributed by atoms with E-state index in [2.05, 4.69) is 98.9 Å². The van der Waals surface area contributed by atoms with Gasteiger partial charge in [-0.1, -0.05) is 157 Å². The van der Waals surface area contributed by atoms with E-state index in [0.29, 0.717) is 13.0 Å². The molecule has 0 spiro atoms. The summed E-state index contributed by atoms with van der Waals surface area (Å²) in [5.41, 5.74) is 0. The molecule has 0 saturated heterocycles. The molecule has 0 aliphatic heterocycles. The zero-order chi connectivity index (χ0) is 42.5. The third-order valence-corrected chi connectivity index (χ3v) is 10.0. The average molecular weight is 835 g/mol. The number of hydrogen-bond donors (Lipinski definition) is 3. The van der Waals surface area contributed by atoms with Gasteiger partial charge in [-0.3, -0.25) is 13.8 Å². The molecule has 9 nitrogen and oxygen atoms in total. The summed E-state index contributed by atoms with van der Waals surface area (Å²) in [6.45, 7) is 3.25. The van der Waals surface area contributed by atoms with Crippen LogP contribution in [0, 0.1) is 0 Å². The first-order valence-corrected chi connectivity index (χ1v) is 24.1. The average Bonchev–Trinajstić information content (AvgIpc) is 3.21. The lowest BCUT2D eigenvalue weighted by molar-refractivity contribution is -0.154. The first-order valence-electron chi connectivity index (χ1n) is 22.6. The van der Waals surface area contributed by atoms with Crippen LogP contribution >= 0.6 is 7.82 Å². The van der Waals surface area contributed by atoms with E-state index in [1.165, 1.54) is 57.8 Å². The largest absolute Gasteiger partial charge is 0.472 e. The lowest BCUT2D eigenvalue weighted by atomic mass is 10.1. The van der Waals surface area contributed by atoms with Gasteiger partial charge in [0.05, 0.1) is 26.4 Å². The molecule has 0 radical (unpaired) electrons. The van der Waals surface area contributed by atoms with Crippen LogP contribution in [0.15, 0.2) is 85.1 Å². The Morgan fingerprint density at radius 1 is 0.552 bits per heavy atom. The quantitative estimate of drug-likeness (QED) is 0.0238. The van der Waals surface area contributed by atoms with Crippen molar-refractivity contribution in [1.82, 2.24) is 0 Å². The highest BCUT2D eigenvalue weighted by Crippen LogP contribution is 2.43. The Hall–Kier alpha value is -2.36.